The van der Waals surface area contributed by atoms with Gasteiger partial charge >= 0.3 is 0 Å². The molecule has 0 aromatic heterocycles. The fourth-order valence-corrected chi connectivity index (χ4v) is 3.24. The number of hydrogen-bond acceptors (Lipinski definition) is 2. The van der Waals surface area contributed by atoms with Gasteiger partial charge in [0.15, 0.2) is 0 Å². The second-order valence-corrected chi connectivity index (χ2v) is 7.13. The summed E-state index contributed by atoms with van der Waals surface area (Å²) >= 11 is 6.45. The highest BCUT2D eigenvalue weighted by molar-refractivity contribution is 6.31. The molecular weight excluding hydrogens is 268 g/mol. The smallest absolute Gasteiger partial charge is 0.0474 e. The predicted octanol–water partition coefficient (Wildman–Crippen LogP) is 4.64. The number of nitrogens with zero attached hydrogens (tertiary/aromatic N) is 1. The molecule has 0 aliphatic carbocycles. The van der Waals surface area contributed by atoms with Crippen molar-refractivity contribution >= 4 is 17.3 Å². The Labute approximate surface area is 128 Å². The molecule has 2 nitrogen and oxygen atoms in total. The fourth-order valence-electron chi connectivity index (χ4n) is 2.90. The SMILES string of the molecule is CNC(C)c1ccc(N2CCCC(C)(C)CC2)cc1Cl. The zero-order chi connectivity index (χ0) is 14.8. The van der Waals surface area contributed by atoms with Crippen LogP contribution in [-0.2, 0) is 0 Å². The van der Waals surface area contributed by atoms with E-state index in [1.807, 2.05) is 7.05 Å². The molecule has 1 aromatic rings. The van der Waals surface area contributed by atoms with E-state index in [4.69, 9.17) is 11.6 Å². The highest BCUT2D eigenvalue weighted by Crippen LogP contribution is 2.33. The first-order valence-electron chi connectivity index (χ1n) is 7.64. The van der Waals surface area contributed by atoms with Gasteiger partial charge in [0.1, 0.15) is 0 Å². The monoisotopic (exact) mass is 294 g/mol. The van der Waals surface area contributed by atoms with E-state index in [-0.39, 0.29) is 0 Å². The van der Waals surface area contributed by atoms with E-state index < -0.39 is 0 Å². The number of nitrogens with one attached hydrogen (secondary N) is 1. The van der Waals surface area contributed by atoms with Crippen LogP contribution >= 0.6 is 11.6 Å². The summed E-state index contributed by atoms with van der Waals surface area (Å²) in [5.41, 5.74) is 2.91. The van der Waals surface area contributed by atoms with Gasteiger partial charge in [-0.15, -0.1) is 0 Å². The highest BCUT2D eigenvalue weighted by Gasteiger charge is 2.23. The Morgan fingerprint density at radius 1 is 1.25 bits per heavy atom. The van der Waals surface area contributed by atoms with Crippen molar-refractivity contribution < 1.29 is 0 Å². The molecule has 1 unspecified atom stereocenters. The molecule has 20 heavy (non-hydrogen) atoms. The summed E-state index contributed by atoms with van der Waals surface area (Å²) in [6, 6.07) is 6.80. The number of benzene rings is 1. The maximum absolute atomic E-state index is 6.45. The molecule has 0 spiro atoms. The van der Waals surface area contributed by atoms with E-state index in [1.165, 1.54) is 30.5 Å². The van der Waals surface area contributed by atoms with Crippen LogP contribution in [0, 0.1) is 5.41 Å². The van der Waals surface area contributed by atoms with Crippen LogP contribution in [0.2, 0.25) is 5.02 Å². The first kappa shape index (κ1) is 15.7. The number of rotatable bonds is 3. The lowest BCUT2D eigenvalue weighted by Crippen LogP contribution is -2.25. The molecule has 3 heteroatoms. The molecule has 1 saturated heterocycles. The minimum absolute atomic E-state index is 0.291. The van der Waals surface area contributed by atoms with Crippen molar-refractivity contribution in [3.63, 3.8) is 0 Å². The summed E-state index contributed by atoms with van der Waals surface area (Å²) in [6.07, 6.45) is 3.82. The molecule has 1 aromatic carbocycles. The Hall–Kier alpha value is -0.730. The van der Waals surface area contributed by atoms with Gasteiger partial charge < -0.3 is 10.2 Å². The highest BCUT2D eigenvalue weighted by atomic mass is 35.5. The Bertz CT molecular complexity index is 456. The Morgan fingerprint density at radius 3 is 2.65 bits per heavy atom. The van der Waals surface area contributed by atoms with E-state index >= 15 is 0 Å². The third-order valence-electron chi connectivity index (χ3n) is 4.59. The third kappa shape index (κ3) is 3.67. The summed E-state index contributed by atoms with van der Waals surface area (Å²) in [4.78, 5) is 2.48. The van der Waals surface area contributed by atoms with Crippen LogP contribution in [-0.4, -0.2) is 20.1 Å². The van der Waals surface area contributed by atoms with Crippen LogP contribution in [0.1, 0.15) is 51.6 Å². The lowest BCUT2D eigenvalue weighted by Gasteiger charge is -2.25. The largest absolute Gasteiger partial charge is 0.371 e. The van der Waals surface area contributed by atoms with E-state index in [0.717, 1.165) is 18.1 Å². The first-order chi connectivity index (χ1) is 9.43. The molecule has 2 rings (SSSR count). The summed E-state index contributed by atoms with van der Waals surface area (Å²) in [6.45, 7) is 9.16. The molecule has 0 radical (unpaired) electrons. The lowest BCUT2D eigenvalue weighted by atomic mass is 9.85. The van der Waals surface area contributed by atoms with Gasteiger partial charge in [0.25, 0.3) is 0 Å². The topological polar surface area (TPSA) is 15.3 Å². The lowest BCUT2D eigenvalue weighted by molar-refractivity contribution is 0.325. The minimum Gasteiger partial charge on any atom is -0.371 e. The molecule has 1 heterocycles. The predicted molar refractivity (Wildman–Crippen MR) is 88.8 cm³/mol. The van der Waals surface area contributed by atoms with Gasteiger partial charge in [0, 0.05) is 29.8 Å². The standard InChI is InChI=1S/C17H27ClN2/c1-13(19-4)15-7-6-14(12-16(15)18)20-10-5-8-17(2,3)9-11-20/h6-7,12-13,19H,5,8-11H2,1-4H3. The Morgan fingerprint density at radius 2 is 2.00 bits per heavy atom. The average molecular weight is 295 g/mol. The van der Waals surface area contributed by atoms with Crippen molar-refractivity contribution in [3.8, 4) is 0 Å². The molecular formula is C17H27ClN2. The molecule has 0 bridgehead atoms. The van der Waals surface area contributed by atoms with Crippen molar-refractivity contribution in [1.82, 2.24) is 5.32 Å². The fraction of sp³-hybridized carbons (Fsp3) is 0.647. The van der Waals surface area contributed by atoms with E-state index in [9.17, 15) is 0 Å². The van der Waals surface area contributed by atoms with E-state index in [2.05, 4.69) is 49.2 Å². The molecule has 112 valence electrons. The van der Waals surface area contributed by atoms with Gasteiger partial charge in [0.05, 0.1) is 0 Å². The van der Waals surface area contributed by atoms with Crippen molar-refractivity contribution in [2.75, 3.05) is 25.0 Å². The molecule has 1 aliphatic rings. The summed E-state index contributed by atoms with van der Waals surface area (Å²) in [5, 5.41) is 4.11. The average Bonchev–Trinajstić information content (AvgIpc) is 2.59. The molecule has 1 atom stereocenters. The van der Waals surface area contributed by atoms with E-state index in [1.54, 1.807) is 0 Å². The van der Waals surface area contributed by atoms with Crippen LogP contribution < -0.4 is 10.2 Å². The van der Waals surface area contributed by atoms with Crippen molar-refractivity contribution in [3.05, 3.63) is 28.8 Å². The van der Waals surface area contributed by atoms with Crippen LogP contribution in [0.25, 0.3) is 0 Å². The Balaban J connectivity index is 2.15. The van der Waals surface area contributed by atoms with Gasteiger partial charge in [-0.25, -0.2) is 0 Å². The van der Waals surface area contributed by atoms with E-state index in [0.29, 0.717) is 11.5 Å². The normalized spacial score (nSPS) is 20.6. The second-order valence-electron chi connectivity index (χ2n) is 6.72. The number of hydrogen-bond donors (Lipinski definition) is 1. The quantitative estimate of drug-likeness (QED) is 0.874. The maximum Gasteiger partial charge on any atom is 0.0474 e. The summed E-state index contributed by atoms with van der Waals surface area (Å²) < 4.78 is 0. The maximum atomic E-state index is 6.45. The Kier molecular flexibility index (Phi) is 4.98. The molecule has 1 fully saturated rings. The molecule has 1 aliphatic heterocycles. The van der Waals surface area contributed by atoms with Gasteiger partial charge in [-0.3, -0.25) is 0 Å². The zero-order valence-electron chi connectivity index (χ0n) is 13.2. The van der Waals surface area contributed by atoms with Crippen LogP contribution in [0.5, 0.6) is 0 Å². The molecule has 0 saturated carbocycles. The van der Waals surface area contributed by atoms with Crippen LogP contribution in [0.4, 0.5) is 5.69 Å². The number of anilines is 1. The minimum atomic E-state index is 0.291. The van der Waals surface area contributed by atoms with Gasteiger partial charge in [-0.2, -0.15) is 0 Å². The van der Waals surface area contributed by atoms with Crippen LogP contribution in [0.15, 0.2) is 18.2 Å². The molecule has 1 N–H and O–H groups in total. The third-order valence-corrected chi connectivity index (χ3v) is 4.92. The van der Waals surface area contributed by atoms with Crippen LogP contribution in [0.3, 0.4) is 0 Å². The number of halogens is 1. The van der Waals surface area contributed by atoms with Gasteiger partial charge in [-0.05, 0) is 56.3 Å². The van der Waals surface area contributed by atoms with Gasteiger partial charge in [0.2, 0.25) is 0 Å². The second kappa shape index (κ2) is 6.36. The van der Waals surface area contributed by atoms with Crippen molar-refractivity contribution in [1.29, 1.82) is 0 Å². The summed E-state index contributed by atoms with van der Waals surface area (Å²) in [5.74, 6) is 0. The first-order valence-corrected chi connectivity index (χ1v) is 8.02. The summed E-state index contributed by atoms with van der Waals surface area (Å²) in [7, 11) is 1.96. The molecule has 0 amide bonds. The zero-order valence-corrected chi connectivity index (χ0v) is 13.9. The van der Waals surface area contributed by atoms with Crippen molar-refractivity contribution in [2.45, 2.75) is 46.1 Å². The van der Waals surface area contributed by atoms with Gasteiger partial charge in [-0.1, -0.05) is 31.5 Å². The van der Waals surface area contributed by atoms with Crippen molar-refractivity contribution in [2.24, 2.45) is 5.41 Å².